The highest BCUT2D eigenvalue weighted by molar-refractivity contribution is 5.85. The fourth-order valence-electron chi connectivity index (χ4n) is 0.387. The summed E-state index contributed by atoms with van der Waals surface area (Å²) >= 11 is 0. The maximum absolute atomic E-state index is 10.6. The van der Waals surface area contributed by atoms with Crippen LogP contribution < -0.4 is 0 Å². The fourth-order valence-corrected chi connectivity index (χ4v) is 0.387. The average Bonchev–Trinajstić information content (AvgIpc) is 1.99. The van der Waals surface area contributed by atoms with E-state index in [1.54, 1.807) is 0 Å². The van der Waals surface area contributed by atoms with Gasteiger partial charge in [0.2, 0.25) is 5.76 Å². The van der Waals surface area contributed by atoms with Gasteiger partial charge < -0.3 is 14.2 Å². The van der Waals surface area contributed by atoms with E-state index in [9.17, 15) is 4.79 Å². The number of rotatable bonds is 3. The van der Waals surface area contributed by atoms with Gasteiger partial charge in [-0.25, -0.2) is 4.79 Å². The van der Waals surface area contributed by atoms with Crippen LogP contribution in [0.2, 0.25) is 0 Å². The largest absolute Gasteiger partial charge is 0.500 e. The van der Waals surface area contributed by atoms with Gasteiger partial charge in [0.25, 0.3) is 0 Å². The van der Waals surface area contributed by atoms with Crippen molar-refractivity contribution in [1.82, 2.24) is 0 Å². The summed E-state index contributed by atoms with van der Waals surface area (Å²) in [4.78, 5) is 10.6. The molecule has 10 heavy (non-hydrogen) atoms. The zero-order chi connectivity index (χ0) is 7.98. The Morgan fingerprint density at radius 3 is 2.10 bits per heavy atom. The monoisotopic (exact) mass is 146 g/mol. The van der Waals surface area contributed by atoms with Crippen LogP contribution in [0.25, 0.3) is 0 Å². The van der Waals surface area contributed by atoms with E-state index in [0.29, 0.717) is 0 Å². The summed E-state index contributed by atoms with van der Waals surface area (Å²) in [6.45, 7) is 0. The van der Waals surface area contributed by atoms with Crippen molar-refractivity contribution in [2.75, 3.05) is 21.3 Å². The summed E-state index contributed by atoms with van der Waals surface area (Å²) in [6, 6.07) is 0. The maximum Gasteiger partial charge on any atom is 0.376 e. The van der Waals surface area contributed by atoms with Gasteiger partial charge in [-0.05, 0) is 0 Å². The van der Waals surface area contributed by atoms with E-state index in [-0.39, 0.29) is 5.76 Å². The Bertz CT molecular complexity index is 139. The first kappa shape index (κ1) is 8.81. The first-order valence-electron chi connectivity index (χ1n) is 2.61. The number of carbonyl (C=O) groups is 1. The molecule has 0 spiro atoms. The first-order chi connectivity index (χ1) is 4.76. The van der Waals surface area contributed by atoms with E-state index in [1.807, 2.05) is 0 Å². The summed E-state index contributed by atoms with van der Waals surface area (Å²) in [7, 11) is 4.05. The van der Waals surface area contributed by atoms with Crippen molar-refractivity contribution in [3.63, 3.8) is 0 Å². The van der Waals surface area contributed by atoms with Crippen LogP contribution in [0.4, 0.5) is 0 Å². The van der Waals surface area contributed by atoms with Gasteiger partial charge in [-0.1, -0.05) is 0 Å². The third-order valence-electron chi connectivity index (χ3n) is 0.831. The SMILES string of the molecule is CO/C=C(\OC)C(=O)OC. The minimum absolute atomic E-state index is 0.0463. The molecule has 4 nitrogen and oxygen atoms in total. The fraction of sp³-hybridized carbons (Fsp3) is 0.500. The molecule has 0 atom stereocenters. The Morgan fingerprint density at radius 2 is 1.80 bits per heavy atom. The van der Waals surface area contributed by atoms with Crippen molar-refractivity contribution in [2.45, 2.75) is 0 Å². The van der Waals surface area contributed by atoms with Gasteiger partial charge in [0.15, 0.2) is 0 Å². The van der Waals surface area contributed by atoms with Crippen LogP contribution in [0, 0.1) is 0 Å². The van der Waals surface area contributed by atoms with Crippen molar-refractivity contribution in [3.8, 4) is 0 Å². The van der Waals surface area contributed by atoms with E-state index >= 15 is 0 Å². The number of methoxy groups -OCH3 is 3. The van der Waals surface area contributed by atoms with Crippen molar-refractivity contribution >= 4 is 5.97 Å². The molecule has 0 aromatic heterocycles. The highest BCUT2D eigenvalue weighted by Gasteiger charge is 2.08. The van der Waals surface area contributed by atoms with Gasteiger partial charge in [-0.15, -0.1) is 0 Å². The molecule has 0 N–H and O–H groups in total. The lowest BCUT2D eigenvalue weighted by molar-refractivity contribution is -0.139. The van der Waals surface area contributed by atoms with Crippen molar-refractivity contribution in [2.24, 2.45) is 0 Å². The second-order valence-corrected chi connectivity index (χ2v) is 1.41. The molecule has 58 valence electrons. The van der Waals surface area contributed by atoms with Crippen LogP contribution >= 0.6 is 0 Å². The molecule has 0 fully saturated rings. The molecule has 0 aliphatic heterocycles. The van der Waals surface area contributed by atoms with E-state index in [4.69, 9.17) is 0 Å². The molecule has 0 aromatic carbocycles. The number of carbonyl (C=O) groups excluding carboxylic acids is 1. The second kappa shape index (κ2) is 4.67. The minimum Gasteiger partial charge on any atom is -0.500 e. The topological polar surface area (TPSA) is 44.8 Å². The molecule has 0 aromatic rings. The Morgan fingerprint density at radius 1 is 1.20 bits per heavy atom. The number of ether oxygens (including phenoxy) is 3. The van der Waals surface area contributed by atoms with Gasteiger partial charge in [0, 0.05) is 0 Å². The van der Waals surface area contributed by atoms with Crippen LogP contribution in [0.15, 0.2) is 12.0 Å². The molecule has 0 saturated heterocycles. The molecule has 0 rings (SSSR count). The highest BCUT2D eigenvalue weighted by atomic mass is 16.6. The maximum atomic E-state index is 10.6. The summed E-state index contributed by atoms with van der Waals surface area (Å²) in [5, 5.41) is 0. The smallest absolute Gasteiger partial charge is 0.376 e. The lowest BCUT2D eigenvalue weighted by Gasteiger charge is -2.01. The average molecular weight is 146 g/mol. The summed E-state index contributed by atoms with van der Waals surface area (Å²) in [5.41, 5.74) is 0. The summed E-state index contributed by atoms with van der Waals surface area (Å²) in [6.07, 6.45) is 1.17. The third-order valence-corrected chi connectivity index (χ3v) is 0.831. The van der Waals surface area contributed by atoms with E-state index in [1.165, 1.54) is 27.6 Å². The van der Waals surface area contributed by atoms with E-state index in [0.717, 1.165) is 0 Å². The number of hydrogen-bond donors (Lipinski definition) is 0. The Kier molecular flexibility index (Phi) is 4.11. The highest BCUT2D eigenvalue weighted by Crippen LogP contribution is 1.96. The van der Waals surface area contributed by atoms with Crippen molar-refractivity contribution in [1.29, 1.82) is 0 Å². The van der Waals surface area contributed by atoms with Crippen LogP contribution in [-0.2, 0) is 19.0 Å². The Balaban J connectivity index is 4.06. The third kappa shape index (κ3) is 2.39. The molecule has 4 heteroatoms. The molecule has 0 bridgehead atoms. The van der Waals surface area contributed by atoms with Crippen molar-refractivity contribution < 1.29 is 19.0 Å². The quantitative estimate of drug-likeness (QED) is 0.326. The van der Waals surface area contributed by atoms with E-state index in [2.05, 4.69) is 14.2 Å². The van der Waals surface area contributed by atoms with Gasteiger partial charge in [-0.2, -0.15) is 0 Å². The predicted octanol–water partition coefficient (Wildman–Crippen LogP) is 0.294. The van der Waals surface area contributed by atoms with Gasteiger partial charge >= 0.3 is 5.97 Å². The van der Waals surface area contributed by atoms with Crippen molar-refractivity contribution in [3.05, 3.63) is 12.0 Å². The van der Waals surface area contributed by atoms with Gasteiger partial charge in [-0.3, -0.25) is 0 Å². The second-order valence-electron chi connectivity index (χ2n) is 1.41. The van der Waals surface area contributed by atoms with Crippen LogP contribution in [0.5, 0.6) is 0 Å². The summed E-state index contributed by atoms with van der Waals surface area (Å²) in [5.74, 6) is -0.505. The molecule has 0 aliphatic carbocycles. The number of esters is 1. The summed E-state index contributed by atoms with van der Waals surface area (Å²) < 4.78 is 13.5. The molecular formula is C6H10O4. The van der Waals surface area contributed by atoms with Crippen LogP contribution in [0.3, 0.4) is 0 Å². The Hall–Kier alpha value is -1.19. The lowest BCUT2D eigenvalue weighted by atomic mass is 10.5. The number of hydrogen-bond acceptors (Lipinski definition) is 4. The zero-order valence-electron chi connectivity index (χ0n) is 6.21. The molecular weight excluding hydrogens is 136 g/mol. The molecule has 0 radical (unpaired) electrons. The standard InChI is InChI=1S/C6H10O4/c1-8-4-5(9-2)6(7)10-3/h4H,1-3H3/b5-4-. The minimum atomic E-state index is -0.552. The Labute approximate surface area is 59.4 Å². The molecule has 0 saturated carbocycles. The normalized spacial score (nSPS) is 10.5. The molecule has 0 aliphatic rings. The lowest BCUT2D eigenvalue weighted by Crippen LogP contribution is -2.06. The first-order valence-corrected chi connectivity index (χ1v) is 2.61. The van der Waals surface area contributed by atoms with Gasteiger partial charge in [0.1, 0.15) is 6.26 Å². The zero-order valence-corrected chi connectivity index (χ0v) is 6.21. The molecule has 0 amide bonds. The van der Waals surface area contributed by atoms with E-state index < -0.39 is 5.97 Å². The van der Waals surface area contributed by atoms with Crippen LogP contribution in [-0.4, -0.2) is 27.3 Å². The van der Waals surface area contributed by atoms with Gasteiger partial charge in [0.05, 0.1) is 21.3 Å². The molecule has 0 unspecified atom stereocenters. The van der Waals surface area contributed by atoms with Crippen LogP contribution in [0.1, 0.15) is 0 Å². The molecule has 0 heterocycles. The predicted molar refractivity (Wildman–Crippen MR) is 34.1 cm³/mol.